The quantitative estimate of drug-likeness (QED) is 0.542. The van der Waals surface area contributed by atoms with E-state index in [1.165, 1.54) is 20.5 Å². The molecule has 102 valence electrons. The Bertz CT molecular complexity index is 690. The molecule has 1 heterocycles. The molecule has 0 saturated heterocycles. The van der Waals surface area contributed by atoms with Crippen molar-refractivity contribution in [2.75, 3.05) is 0 Å². The molecule has 2 nitrogen and oxygen atoms in total. The van der Waals surface area contributed by atoms with Crippen molar-refractivity contribution in [3.8, 4) is 0 Å². The first-order chi connectivity index (χ1) is 9.76. The largest absolute Gasteiger partial charge is 0.271 e. The molecule has 2 aromatic carbocycles. The van der Waals surface area contributed by atoms with Gasteiger partial charge in [0, 0.05) is 14.0 Å². The van der Waals surface area contributed by atoms with E-state index >= 15 is 0 Å². The van der Waals surface area contributed by atoms with Crippen LogP contribution in [0.2, 0.25) is 0 Å². The Morgan fingerprint density at radius 2 is 1.95 bits per heavy atom. The van der Waals surface area contributed by atoms with Crippen molar-refractivity contribution in [3.05, 3.63) is 69.5 Å². The van der Waals surface area contributed by atoms with Crippen LogP contribution in [-0.2, 0) is 6.42 Å². The number of fused-ring (bicyclic) bond motifs is 1. The molecule has 0 aliphatic heterocycles. The maximum Gasteiger partial charge on any atom is 0.0593 e. The van der Waals surface area contributed by atoms with Crippen molar-refractivity contribution in [1.29, 1.82) is 0 Å². The Morgan fingerprint density at radius 1 is 1.10 bits per heavy atom. The fourth-order valence-corrected chi connectivity index (χ4v) is 3.89. The van der Waals surface area contributed by atoms with Crippen LogP contribution in [0.5, 0.6) is 0 Å². The summed E-state index contributed by atoms with van der Waals surface area (Å²) < 4.78 is 2.40. The number of nitrogens with two attached hydrogens (primary N) is 1. The normalized spacial score (nSPS) is 12.7. The summed E-state index contributed by atoms with van der Waals surface area (Å²) in [6.07, 6.45) is 0.878. The second-order valence-corrected chi connectivity index (χ2v) is 6.77. The molecular weight excluding hydrogens is 332 g/mol. The summed E-state index contributed by atoms with van der Waals surface area (Å²) in [5.41, 5.74) is 4.21. The predicted octanol–water partition coefficient (Wildman–Crippen LogP) is 4.41. The number of hydrazine groups is 1. The lowest BCUT2D eigenvalue weighted by Crippen LogP contribution is -2.28. The van der Waals surface area contributed by atoms with Gasteiger partial charge in [0.15, 0.2) is 0 Å². The fourth-order valence-electron chi connectivity index (χ4n) is 2.32. The number of nitrogens with one attached hydrogen (secondary N) is 1. The Labute approximate surface area is 130 Å². The van der Waals surface area contributed by atoms with E-state index in [9.17, 15) is 0 Å². The van der Waals surface area contributed by atoms with Gasteiger partial charge in [0.05, 0.1) is 6.04 Å². The highest BCUT2D eigenvalue weighted by molar-refractivity contribution is 9.10. The average molecular weight is 347 g/mol. The number of hydrogen-bond acceptors (Lipinski definition) is 3. The van der Waals surface area contributed by atoms with Crippen molar-refractivity contribution in [1.82, 2.24) is 5.43 Å². The van der Waals surface area contributed by atoms with Crippen LogP contribution < -0.4 is 11.3 Å². The number of rotatable bonds is 4. The average Bonchev–Trinajstić information content (AvgIpc) is 2.88. The maximum absolute atomic E-state index is 5.76. The van der Waals surface area contributed by atoms with Crippen LogP contribution in [0.3, 0.4) is 0 Å². The minimum Gasteiger partial charge on any atom is -0.271 e. The van der Waals surface area contributed by atoms with Crippen LogP contribution in [0.1, 0.15) is 16.5 Å². The molecule has 0 aliphatic rings. The number of thiophene rings is 1. The smallest absolute Gasteiger partial charge is 0.0593 e. The van der Waals surface area contributed by atoms with Gasteiger partial charge in [-0.05, 0) is 41.6 Å². The molecule has 0 amide bonds. The lowest BCUT2D eigenvalue weighted by molar-refractivity contribution is 0.561. The molecule has 0 spiro atoms. The van der Waals surface area contributed by atoms with E-state index < -0.39 is 0 Å². The molecule has 0 aliphatic carbocycles. The molecule has 1 unspecified atom stereocenters. The van der Waals surface area contributed by atoms with E-state index in [-0.39, 0.29) is 6.04 Å². The molecule has 3 N–H and O–H groups in total. The Morgan fingerprint density at radius 3 is 2.70 bits per heavy atom. The maximum atomic E-state index is 5.76. The highest BCUT2D eigenvalue weighted by Gasteiger charge is 2.14. The van der Waals surface area contributed by atoms with Crippen molar-refractivity contribution in [2.24, 2.45) is 5.84 Å². The van der Waals surface area contributed by atoms with Crippen molar-refractivity contribution < 1.29 is 0 Å². The molecule has 20 heavy (non-hydrogen) atoms. The van der Waals surface area contributed by atoms with E-state index in [2.05, 4.69) is 69.9 Å². The van der Waals surface area contributed by atoms with E-state index in [0.717, 1.165) is 10.9 Å². The zero-order valence-electron chi connectivity index (χ0n) is 10.8. The molecule has 1 atom stereocenters. The first-order valence-electron chi connectivity index (χ1n) is 6.45. The summed E-state index contributed by atoms with van der Waals surface area (Å²) in [7, 11) is 0. The molecule has 0 bridgehead atoms. The third-order valence-electron chi connectivity index (χ3n) is 3.32. The van der Waals surface area contributed by atoms with Gasteiger partial charge < -0.3 is 0 Å². The summed E-state index contributed by atoms with van der Waals surface area (Å²) >= 11 is 5.31. The third kappa shape index (κ3) is 2.94. The summed E-state index contributed by atoms with van der Waals surface area (Å²) in [4.78, 5) is 1.27. The molecule has 3 aromatic rings. The van der Waals surface area contributed by atoms with Gasteiger partial charge >= 0.3 is 0 Å². The van der Waals surface area contributed by atoms with Gasteiger partial charge in [0.2, 0.25) is 0 Å². The minimum atomic E-state index is 0.140. The molecule has 0 radical (unpaired) electrons. The first kappa shape index (κ1) is 13.8. The summed E-state index contributed by atoms with van der Waals surface area (Å²) in [6.45, 7) is 0. The second kappa shape index (κ2) is 6.06. The zero-order valence-corrected chi connectivity index (χ0v) is 13.2. The standard InChI is InChI=1S/C16H15BrN2S/c17-13-6-3-4-11(8-13)9-14(19-18)16-10-12-5-1-2-7-15(12)20-16/h1-8,10,14,19H,9,18H2. The first-order valence-corrected chi connectivity index (χ1v) is 8.06. The fraction of sp³-hybridized carbons (Fsp3) is 0.125. The van der Waals surface area contributed by atoms with Crippen LogP contribution in [-0.4, -0.2) is 0 Å². The number of benzene rings is 2. The van der Waals surface area contributed by atoms with Crippen molar-refractivity contribution in [3.63, 3.8) is 0 Å². The number of halogens is 1. The molecular formula is C16H15BrN2S. The predicted molar refractivity (Wildman–Crippen MR) is 89.7 cm³/mol. The van der Waals surface area contributed by atoms with Gasteiger partial charge in [-0.15, -0.1) is 11.3 Å². The van der Waals surface area contributed by atoms with E-state index in [1.54, 1.807) is 11.3 Å². The lowest BCUT2D eigenvalue weighted by Gasteiger charge is -2.14. The Kier molecular flexibility index (Phi) is 4.17. The van der Waals surface area contributed by atoms with Crippen LogP contribution in [0.4, 0.5) is 0 Å². The summed E-state index contributed by atoms with van der Waals surface area (Å²) in [6, 6.07) is 19.1. The van der Waals surface area contributed by atoms with Crippen LogP contribution >= 0.6 is 27.3 Å². The van der Waals surface area contributed by atoms with Crippen LogP contribution in [0.15, 0.2) is 59.1 Å². The highest BCUT2D eigenvalue weighted by Crippen LogP contribution is 2.31. The van der Waals surface area contributed by atoms with E-state index in [4.69, 9.17) is 5.84 Å². The van der Waals surface area contributed by atoms with Gasteiger partial charge in [-0.3, -0.25) is 11.3 Å². The monoisotopic (exact) mass is 346 g/mol. The van der Waals surface area contributed by atoms with E-state index in [0.29, 0.717) is 0 Å². The van der Waals surface area contributed by atoms with Gasteiger partial charge in [0.1, 0.15) is 0 Å². The molecule has 3 rings (SSSR count). The topological polar surface area (TPSA) is 38.0 Å². The molecule has 4 heteroatoms. The van der Waals surface area contributed by atoms with Crippen molar-refractivity contribution >= 4 is 37.4 Å². The van der Waals surface area contributed by atoms with Crippen LogP contribution in [0, 0.1) is 0 Å². The molecule has 0 saturated carbocycles. The molecule has 1 aromatic heterocycles. The number of hydrogen-bond donors (Lipinski definition) is 2. The third-order valence-corrected chi connectivity index (χ3v) is 5.04. The summed E-state index contributed by atoms with van der Waals surface area (Å²) in [5.74, 6) is 5.76. The van der Waals surface area contributed by atoms with Gasteiger partial charge in [0.25, 0.3) is 0 Å². The van der Waals surface area contributed by atoms with Gasteiger partial charge in [-0.1, -0.05) is 46.3 Å². The Balaban J connectivity index is 1.89. The van der Waals surface area contributed by atoms with Gasteiger partial charge in [-0.25, -0.2) is 0 Å². The second-order valence-electron chi connectivity index (χ2n) is 4.74. The van der Waals surface area contributed by atoms with Gasteiger partial charge in [-0.2, -0.15) is 0 Å². The van der Waals surface area contributed by atoms with Crippen molar-refractivity contribution in [2.45, 2.75) is 12.5 Å². The Hall–Kier alpha value is -1.20. The lowest BCUT2D eigenvalue weighted by atomic mass is 10.0. The highest BCUT2D eigenvalue weighted by atomic mass is 79.9. The SMILES string of the molecule is NNC(Cc1cccc(Br)c1)c1cc2ccccc2s1. The molecule has 0 fully saturated rings. The summed E-state index contributed by atoms with van der Waals surface area (Å²) in [5, 5.41) is 1.28. The van der Waals surface area contributed by atoms with E-state index in [1.807, 2.05) is 6.07 Å². The minimum absolute atomic E-state index is 0.140. The van der Waals surface area contributed by atoms with Crippen LogP contribution in [0.25, 0.3) is 10.1 Å². The zero-order chi connectivity index (χ0) is 13.9.